The van der Waals surface area contributed by atoms with Gasteiger partial charge in [0.05, 0.1) is 0 Å². The van der Waals surface area contributed by atoms with Crippen LogP contribution in [0.2, 0.25) is 10.0 Å². The van der Waals surface area contributed by atoms with Crippen LogP contribution in [0.4, 0.5) is 0 Å². The first kappa shape index (κ1) is 26.1. The molecule has 0 aliphatic carbocycles. The third-order valence-corrected chi connectivity index (χ3v) is 6.91. The van der Waals surface area contributed by atoms with Crippen LogP contribution < -0.4 is 5.32 Å². The summed E-state index contributed by atoms with van der Waals surface area (Å²) in [6.07, 6.45) is 0.713. The van der Waals surface area contributed by atoms with Gasteiger partial charge in [-0.3, -0.25) is 9.59 Å². The Bertz CT molecular complexity index is 1080. The Kier molecular flexibility index (Phi) is 10.3. The molecule has 0 aromatic heterocycles. The van der Waals surface area contributed by atoms with E-state index >= 15 is 0 Å². The van der Waals surface area contributed by atoms with Gasteiger partial charge in [0.25, 0.3) is 0 Å². The van der Waals surface area contributed by atoms with Crippen LogP contribution in [0.25, 0.3) is 0 Å². The summed E-state index contributed by atoms with van der Waals surface area (Å²) in [5, 5.41) is 3.89. The van der Waals surface area contributed by atoms with Gasteiger partial charge >= 0.3 is 0 Å². The molecule has 3 aromatic carbocycles. The number of hydrogen-bond acceptors (Lipinski definition) is 3. The highest BCUT2D eigenvalue weighted by molar-refractivity contribution is 7.99. The van der Waals surface area contributed by atoms with Crippen molar-refractivity contribution in [2.45, 2.75) is 37.2 Å². The zero-order chi connectivity index (χ0) is 24.3. The van der Waals surface area contributed by atoms with Crippen molar-refractivity contribution in [3.8, 4) is 0 Å². The maximum atomic E-state index is 13.5. The molecule has 0 spiro atoms. The summed E-state index contributed by atoms with van der Waals surface area (Å²) in [5.41, 5.74) is 1.73. The summed E-state index contributed by atoms with van der Waals surface area (Å²) >= 11 is 14.1. The molecule has 0 aliphatic rings. The van der Waals surface area contributed by atoms with E-state index in [9.17, 15) is 9.59 Å². The Morgan fingerprint density at radius 2 is 1.65 bits per heavy atom. The lowest BCUT2D eigenvalue weighted by Gasteiger charge is -2.32. The van der Waals surface area contributed by atoms with Gasteiger partial charge in [-0.2, -0.15) is 0 Å². The molecular weight excluding hydrogens is 487 g/mol. The molecule has 0 saturated carbocycles. The maximum absolute atomic E-state index is 13.5. The van der Waals surface area contributed by atoms with Gasteiger partial charge in [0.15, 0.2) is 0 Å². The average Bonchev–Trinajstić information content (AvgIpc) is 2.84. The van der Waals surface area contributed by atoms with Crippen molar-refractivity contribution < 1.29 is 9.59 Å². The Labute approximate surface area is 215 Å². The first-order valence-corrected chi connectivity index (χ1v) is 12.9. The monoisotopic (exact) mass is 514 g/mol. The molecule has 2 amide bonds. The second-order valence-electron chi connectivity index (χ2n) is 7.77. The van der Waals surface area contributed by atoms with Gasteiger partial charge in [0, 0.05) is 46.6 Å². The van der Waals surface area contributed by atoms with E-state index in [0.29, 0.717) is 35.2 Å². The Balaban J connectivity index is 1.86. The van der Waals surface area contributed by atoms with Crippen molar-refractivity contribution in [2.75, 3.05) is 12.3 Å². The quantitative estimate of drug-likeness (QED) is 0.307. The van der Waals surface area contributed by atoms with Gasteiger partial charge < -0.3 is 10.2 Å². The standard InChI is InChI=1S/C27H28Cl2N2O2S/c1-2-30-27(33)25(17-20-9-5-3-6-10-20)31(19-21-13-14-22(28)18-24(21)29)26(32)15-16-34-23-11-7-4-8-12-23/h3-14,18,25H,2,15-17,19H2,1H3,(H,30,33). The number of carbonyl (C=O) groups excluding carboxylic acids is 2. The lowest BCUT2D eigenvalue weighted by molar-refractivity contribution is -0.140. The minimum atomic E-state index is -0.664. The SMILES string of the molecule is CCNC(=O)C(Cc1ccccc1)N(Cc1ccc(Cl)cc1Cl)C(=O)CCSc1ccccc1. The summed E-state index contributed by atoms with van der Waals surface area (Å²) in [6.45, 7) is 2.58. The third-order valence-electron chi connectivity index (χ3n) is 5.31. The van der Waals surface area contributed by atoms with Crippen molar-refractivity contribution in [2.24, 2.45) is 0 Å². The zero-order valence-electron chi connectivity index (χ0n) is 19.0. The van der Waals surface area contributed by atoms with E-state index in [1.165, 1.54) is 0 Å². The van der Waals surface area contributed by atoms with Crippen molar-refractivity contribution in [1.29, 1.82) is 0 Å². The summed E-state index contributed by atoms with van der Waals surface area (Å²) < 4.78 is 0. The van der Waals surface area contributed by atoms with Crippen molar-refractivity contribution >= 4 is 46.8 Å². The Morgan fingerprint density at radius 1 is 0.971 bits per heavy atom. The summed E-state index contributed by atoms with van der Waals surface area (Å²) in [5.74, 6) is 0.336. The van der Waals surface area contributed by atoms with Crippen LogP contribution in [-0.4, -0.2) is 35.1 Å². The first-order valence-electron chi connectivity index (χ1n) is 11.2. The first-order chi connectivity index (χ1) is 16.5. The van der Waals surface area contributed by atoms with Crippen LogP contribution in [0.15, 0.2) is 83.8 Å². The Morgan fingerprint density at radius 3 is 2.29 bits per heavy atom. The lowest BCUT2D eigenvalue weighted by Crippen LogP contribution is -2.50. The highest BCUT2D eigenvalue weighted by Crippen LogP contribution is 2.25. The molecule has 0 aliphatic heterocycles. The van der Waals surface area contributed by atoms with Crippen LogP contribution in [0.1, 0.15) is 24.5 Å². The van der Waals surface area contributed by atoms with Gasteiger partial charge in [-0.15, -0.1) is 11.8 Å². The maximum Gasteiger partial charge on any atom is 0.243 e. The third kappa shape index (κ3) is 7.79. The van der Waals surface area contributed by atoms with Crippen molar-refractivity contribution in [3.63, 3.8) is 0 Å². The van der Waals surface area contributed by atoms with Crippen LogP contribution in [0, 0.1) is 0 Å². The molecule has 34 heavy (non-hydrogen) atoms. The average molecular weight is 516 g/mol. The topological polar surface area (TPSA) is 49.4 Å². The smallest absolute Gasteiger partial charge is 0.243 e. The largest absolute Gasteiger partial charge is 0.355 e. The molecule has 0 radical (unpaired) electrons. The van der Waals surface area contributed by atoms with Crippen LogP contribution >= 0.6 is 35.0 Å². The van der Waals surface area contributed by atoms with Gasteiger partial charge in [0.2, 0.25) is 11.8 Å². The molecular formula is C27H28Cl2N2O2S. The number of rotatable bonds is 11. The molecule has 4 nitrogen and oxygen atoms in total. The van der Waals surface area contributed by atoms with E-state index < -0.39 is 6.04 Å². The van der Waals surface area contributed by atoms with E-state index in [4.69, 9.17) is 23.2 Å². The van der Waals surface area contributed by atoms with E-state index in [-0.39, 0.29) is 18.4 Å². The van der Waals surface area contributed by atoms with Gasteiger partial charge in [0.1, 0.15) is 6.04 Å². The Hall–Kier alpha value is -2.47. The molecule has 1 unspecified atom stereocenters. The van der Waals surface area contributed by atoms with Crippen LogP contribution in [0.3, 0.4) is 0 Å². The lowest BCUT2D eigenvalue weighted by atomic mass is 10.0. The van der Waals surface area contributed by atoms with Gasteiger partial charge in [-0.1, -0.05) is 77.8 Å². The number of nitrogens with zero attached hydrogens (tertiary/aromatic N) is 1. The number of benzene rings is 3. The van der Waals surface area contributed by atoms with Crippen molar-refractivity contribution in [3.05, 3.63) is 100 Å². The van der Waals surface area contributed by atoms with Crippen LogP contribution in [0.5, 0.6) is 0 Å². The van der Waals surface area contributed by atoms with Crippen molar-refractivity contribution in [1.82, 2.24) is 10.2 Å². The minimum absolute atomic E-state index is 0.0957. The van der Waals surface area contributed by atoms with Gasteiger partial charge in [-0.05, 0) is 42.3 Å². The molecule has 1 N–H and O–H groups in total. The number of likely N-dealkylation sites (N-methyl/N-ethyl adjacent to an activating group) is 1. The molecule has 0 bridgehead atoms. The second-order valence-corrected chi connectivity index (χ2v) is 9.78. The van der Waals surface area contributed by atoms with E-state index in [2.05, 4.69) is 5.32 Å². The number of thioether (sulfide) groups is 1. The molecule has 0 heterocycles. The predicted octanol–water partition coefficient (Wildman–Crippen LogP) is 6.25. The number of nitrogens with one attached hydrogen (secondary N) is 1. The highest BCUT2D eigenvalue weighted by atomic mass is 35.5. The molecule has 0 saturated heterocycles. The minimum Gasteiger partial charge on any atom is -0.355 e. The molecule has 178 valence electrons. The normalized spacial score (nSPS) is 11.6. The van der Waals surface area contributed by atoms with Crippen LogP contribution in [-0.2, 0) is 22.6 Å². The van der Waals surface area contributed by atoms with E-state index in [1.807, 2.05) is 67.6 Å². The molecule has 1 atom stereocenters. The molecule has 3 aromatic rings. The summed E-state index contributed by atoms with van der Waals surface area (Å²) in [6, 6.07) is 24.2. The highest BCUT2D eigenvalue weighted by Gasteiger charge is 2.30. The fourth-order valence-corrected chi connectivity index (χ4v) is 4.93. The summed E-state index contributed by atoms with van der Waals surface area (Å²) in [7, 11) is 0. The molecule has 7 heteroatoms. The number of carbonyl (C=O) groups is 2. The fraction of sp³-hybridized carbons (Fsp3) is 0.259. The molecule has 0 fully saturated rings. The second kappa shape index (κ2) is 13.4. The number of halogens is 2. The number of hydrogen-bond donors (Lipinski definition) is 1. The fourth-order valence-electron chi connectivity index (χ4n) is 3.60. The molecule has 3 rings (SSSR count). The predicted molar refractivity (Wildman–Crippen MR) is 141 cm³/mol. The van der Waals surface area contributed by atoms with E-state index in [1.54, 1.807) is 34.9 Å². The van der Waals surface area contributed by atoms with E-state index in [0.717, 1.165) is 16.0 Å². The van der Waals surface area contributed by atoms with Gasteiger partial charge in [-0.25, -0.2) is 0 Å². The number of amides is 2. The zero-order valence-corrected chi connectivity index (χ0v) is 21.4. The summed E-state index contributed by atoms with van der Waals surface area (Å²) in [4.78, 5) is 29.4.